The molecule has 0 spiro atoms. The van der Waals surface area contributed by atoms with Gasteiger partial charge in [0.2, 0.25) is 0 Å². The standard InChI is InChI=1S/C44H45N3O/c1-42(2,3)30-19-23-36-34(25-30)35-26-31(43(4,5)6)20-24-37(35)47(36)32-21-22-33-38(27-32)48-41-39(33)45-44(7,29-17-13-10-14-18-29)46(8)40(41)28-15-11-9-12-16-28/h9-27,40,45H,1-8H3. The van der Waals surface area contributed by atoms with E-state index in [1.54, 1.807) is 0 Å². The smallest absolute Gasteiger partial charge is 0.150 e. The van der Waals surface area contributed by atoms with Crippen molar-refractivity contribution < 1.29 is 4.42 Å². The number of nitrogens with zero attached hydrogens (tertiary/aromatic N) is 2. The van der Waals surface area contributed by atoms with Crippen LogP contribution in [0.1, 0.15) is 82.5 Å². The summed E-state index contributed by atoms with van der Waals surface area (Å²) in [6, 6.07) is 42.1. The third-order valence-corrected chi connectivity index (χ3v) is 10.6. The van der Waals surface area contributed by atoms with Gasteiger partial charge in [-0.3, -0.25) is 4.90 Å². The molecule has 0 radical (unpaired) electrons. The van der Waals surface area contributed by atoms with Crippen LogP contribution in [-0.2, 0) is 16.5 Å². The molecule has 1 aliphatic rings. The van der Waals surface area contributed by atoms with E-state index in [1.807, 2.05) is 0 Å². The van der Waals surface area contributed by atoms with Crippen molar-refractivity contribution >= 4 is 38.5 Å². The Morgan fingerprint density at radius 1 is 0.646 bits per heavy atom. The van der Waals surface area contributed by atoms with Crippen molar-refractivity contribution in [2.45, 2.75) is 71.0 Å². The van der Waals surface area contributed by atoms with Crippen LogP contribution in [0.4, 0.5) is 5.69 Å². The summed E-state index contributed by atoms with van der Waals surface area (Å²) in [7, 11) is 2.19. The molecular formula is C44H45N3O. The molecule has 1 aliphatic heterocycles. The second-order valence-electron chi connectivity index (χ2n) is 15.8. The number of hydrogen-bond donors (Lipinski definition) is 1. The highest BCUT2D eigenvalue weighted by Gasteiger charge is 2.45. The minimum atomic E-state index is -0.452. The number of fused-ring (bicyclic) bond motifs is 6. The van der Waals surface area contributed by atoms with Crippen molar-refractivity contribution in [2.24, 2.45) is 0 Å². The molecule has 0 saturated carbocycles. The third-order valence-electron chi connectivity index (χ3n) is 10.6. The van der Waals surface area contributed by atoms with Gasteiger partial charge >= 0.3 is 0 Å². The first-order valence-corrected chi connectivity index (χ1v) is 17.1. The van der Waals surface area contributed by atoms with Gasteiger partial charge in [0.1, 0.15) is 17.0 Å². The van der Waals surface area contributed by atoms with Crippen molar-refractivity contribution in [1.29, 1.82) is 0 Å². The Kier molecular flexibility index (Phi) is 6.74. The predicted octanol–water partition coefficient (Wildman–Crippen LogP) is 11.4. The molecule has 242 valence electrons. The highest BCUT2D eigenvalue weighted by molar-refractivity contribution is 6.10. The molecule has 2 unspecified atom stereocenters. The lowest BCUT2D eigenvalue weighted by Crippen LogP contribution is -2.52. The first-order chi connectivity index (χ1) is 22.8. The van der Waals surface area contributed by atoms with Gasteiger partial charge in [-0.05, 0) is 83.5 Å². The fourth-order valence-electron chi connectivity index (χ4n) is 7.61. The molecular weight excluding hydrogens is 587 g/mol. The molecule has 7 aromatic rings. The second-order valence-corrected chi connectivity index (χ2v) is 15.8. The number of furan rings is 1. The average molecular weight is 632 g/mol. The van der Waals surface area contributed by atoms with Gasteiger partial charge in [-0.25, -0.2) is 0 Å². The predicted molar refractivity (Wildman–Crippen MR) is 201 cm³/mol. The van der Waals surface area contributed by atoms with Gasteiger partial charge < -0.3 is 14.3 Å². The van der Waals surface area contributed by atoms with Crippen molar-refractivity contribution in [2.75, 3.05) is 12.4 Å². The summed E-state index contributed by atoms with van der Waals surface area (Å²) in [4.78, 5) is 2.40. The lowest BCUT2D eigenvalue weighted by molar-refractivity contribution is 0.105. The molecule has 3 heterocycles. The molecule has 0 amide bonds. The zero-order chi connectivity index (χ0) is 33.6. The SMILES string of the molecule is CN1C(c2ccccc2)c2oc3cc(-n4c5ccc(C(C)(C)C)cc5c5cc(C(C)(C)C)ccc54)ccc3c2NC1(C)c1ccccc1. The molecule has 0 bridgehead atoms. The number of benzene rings is 5. The number of aromatic nitrogens is 1. The highest BCUT2D eigenvalue weighted by Crippen LogP contribution is 2.50. The van der Waals surface area contributed by atoms with Crippen LogP contribution in [0.15, 0.2) is 120 Å². The molecule has 2 aromatic heterocycles. The van der Waals surface area contributed by atoms with E-state index in [4.69, 9.17) is 4.42 Å². The summed E-state index contributed by atoms with van der Waals surface area (Å²) in [5.74, 6) is 0.941. The van der Waals surface area contributed by atoms with Crippen molar-refractivity contribution in [3.63, 3.8) is 0 Å². The zero-order valence-electron chi connectivity index (χ0n) is 29.3. The minimum Gasteiger partial charge on any atom is -0.457 e. The van der Waals surface area contributed by atoms with E-state index >= 15 is 0 Å². The fraction of sp³-hybridized carbons (Fsp3) is 0.273. The molecule has 8 rings (SSSR count). The third kappa shape index (κ3) is 4.69. The molecule has 4 nitrogen and oxygen atoms in total. The summed E-state index contributed by atoms with van der Waals surface area (Å²) in [6.07, 6.45) is 0. The molecule has 48 heavy (non-hydrogen) atoms. The first-order valence-electron chi connectivity index (χ1n) is 17.1. The van der Waals surface area contributed by atoms with Crippen LogP contribution < -0.4 is 5.32 Å². The van der Waals surface area contributed by atoms with Crippen molar-refractivity contribution in [3.8, 4) is 5.69 Å². The Hall–Kier alpha value is -4.80. The molecule has 0 aliphatic carbocycles. The van der Waals surface area contributed by atoms with E-state index in [9.17, 15) is 0 Å². The van der Waals surface area contributed by atoms with Gasteiger partial charge in [0, 0.05) is 27.9 Å². The van der Waals surface area contributed by atoms with Gasteiger partial charge in [-0.15, -0.1) is 0 Å². The summed E-state index contributed by atoms with van der Waals surface area (Å²) in [5, 5.41) is 7.61. The van der Waals surface area contributed by atoms with Gasteiger partial charge in [-0.1, -0.05) is 114 Å². The van der Waals surface area contributed by atoms with Crippen LogP contribution in [0.5, 0.6) is 0 Å². The molecule has 0 saturated heterocycles. The van der Waals surface area contributed by atoms with Gasteiger partial charge in [0.15, 0.2) is 0 Å². The number of nitrogens with one attached hydrogen (secondary N) is 1. The Bertz CT molecular complexity index is 2240. The molecule has 1 N–H and O–H groups in total. The van der Waals surface area contributed by atoms with Gasteiger partial charge in [-0.2, -0.15) is 0 Å². The van der Waals surface area contributed by atoms with E-state index in [2.05, 4.69) is 186 Å². The average Bonchev–Trinajstić information content (AvgIpc) is 3.59. The Balaban J connectivity index is 1.35. The number of hydrogen-bond acceptors (Lipinski definition) is 3. The van der Waals surface area contributed by atoms with E-state index in [1.165, 1.54) is 44.1 Å². The summed E-state index contributed by atoms with van der Waals surface area (Å²) >= 11 is 0. The summed E-state index contributed by atoms with van der Waals surface area (Å²) in [6.45, 7) is 16.0. The quantitative estimate of drug-likeness (QED) is 0.211. The minimum absolute atomic E-state index is 0.0557. The van der Waals surface area contributed by atoms with E-state index in [0.29, 0.717) is 0 Å². The monoisotopic (exact) mass is 631 g/mol. The molecule has 0 fully saturated rings. The normalized spacial score (nSPS) is 18.8. The van der Waals surface area contributed by atoms with E-state index in [-0.39, 0.29) is 16.9 Å². The Labute approximate surface area is 284 Å². The number of rotatable bonds is 3. The zero-order valence-corrected chi connectivity index (χ0v) is 29.3. The van der Waals surface area contributed by atoms with E-state index in [0.717, 1.165) is 28.1 Å². The lowest BCUT2D eigenvalue weighted by Gasteiger charge is -2.48. The summed E-state index contributed by atoms with van der Waals surface area (Å²) < 4.78 is 9.34. The van der Waals surface area contributed by atoms with Crippen LogP contribution in [0, 0.1) is 0 Å². The molecule has 4 heteroatoms. The highest BCUT2D eigenvalue weighted by atomic mass is 16.3. The maximum atomic E-state index is 6.93. The van der Waals surface area contributed by atoms with Gasteiger partial charge in [0.05, 0.1) is 22.8 Å². The maximum Gasteiger partial charge on any atom is 0.150 e. The van der Waals surface area contributed by atoms with Crippen LogP contribution in [-0.4, -0.2) is 16.5 Å². The van der Waals surface area contributed by atoms with Gasteiger partial charge in [0.25, 0.3) is 0 Å². The Morgan fingerprint density at radius 2 is 1.21 bits per heavy atom. The molecule has 2 atom stereocenters. The van der Waals surface area contributed by atoms with Crippen LogP contribution in [0.2, 0.25) is 0 Å². The van der Waals surface area contributed by atoms with Crippen molar-refractivity contribution in [1.82, 2.24) is 9.47 Å². The Morgan fingerprint density at radius 3 is 1.77 bits per heavy atom. The number of anilines is 1. The van der Waals surface area contributed by atoms with Crippen LogP contribution in [0.3, 0.4) is 0 Å². The maximum absolute atomic E-state index is 6.93. The second kappa shape index (κ2) is 10.6. The fourth-order valence-corrected chi connectivity index (χ4v) is 7.61. The van der Waals surface area contributed by atoms with Crippen molar-refractivity contribution in [3.05, 3.63) is 143 Å². The van der Waals surface area contributed by atoms with Crippen LogP contribution in [0.25, 0.3) is 38.5 Å². The van der Waals surface area contributed by atoms with E-state index < -0.39 is 5.66 Å². The van der Waals surface area contributed by atoms with Crippen LogP contribution >= 0.6 is 0 Å². The first kappa shape index (κ1) is 30.5. The largest absolute Gasteiger partial charge is 0.457 e. The molecule has 5 aromatic carbocycles. The summed E-state index contributed by atoms with van der Waals surface area (Å²) in [5.41, 5.74) is 10.2. The topological polar surface area (TPSA) is 33.3 Å². The lowest BCUT2D eigenvalue weighted by atomic mass is 9.85.